The number of carbonyl (C=O) groups excluding carboxylic acids is 1. The number of nitrogens with one attached hydrogen (secondary N) is 1. The zero-order valence-corrected chi connectivity index (χ0v) is 12.7. The van der Waals surface area contributed by atoms with Gasteiger partial charge in [-0.15, -0.1) is 0 Å². The number of rotatable bonds is 6. The average molecular weight is 297 g/mol. The molecule has 4 heteroatoms. The molecule has 4 nitrogen and oxygen atoms in total. The molecule has 2 aromatic carbocycles. The monoisotopic (exact) mass is 297 g/mol. The van der Waals surface area contributed by atoms with E-state index in [1.165, 1.54) is 6.08 Å². The van der Waals surface area contributed by atoms with Gasteiger partial charge in [0.2, 0.25) is 5.91 Å². The van der Waals surface area contributed by atoms with Gasteiger partial charge in [-0.2, -0.15) is 0 Å². The standard InChI is InChI=1S/C18H19NO3/c1-3-22-17-13-14(9-11-16(17)21-2)10-12-18(20)19-15-7-5-4-6-8-15/h4-13H,3H2,1-2H3,(H,19,20)/b12-10+. The van der Waals surface area contributed by atoms with Crippen LogP contribution in [0.15, 0.2) is 54.6 Å². The molecule has 0 heterocycles. The van der Waals surface area contributed by atoms with Crippen molar-refractivity contribution in [3.05, 3.63) is 60.2 Å². The van der Waals surface area contributed by atoms with Crippen molar-refractivity contribution in [2.75, 3.05) is 19.0 Å². The molecule has 114 valence electrons. The fourth-order valence-electron chi connectivity index (χ4n) is 1.94. The summed E-state index contributed by atoms with van der Waals surface area (Å²) in [5.41, 5.74) is 1.63. The molecule has 2 rings (SSSR count). The Bertz CT molecular complexity index is 651. The molecule has 2 aromatic rings. The van der Waals surface area contributed by atoms with E-state index in [1.807, 2.05) is 55.5 Å². The number of methoxy groups -OCH3 is 1. The van der Waals surface area contributed by atoms with Crippen LogP contribution in [0.25, 0.3) is 6.08 Å². The van der Waals surface area contributed by atoms with Crippen LogP contribution in [0.5, 0.6) is 11.5 Å². The number of hydrogen-bond acceptors (Lipinski definition) is 3. The van der Waals surface area contributed by atoms with Crippen molar-refractivity contribution in [3.8, 4) is 11.5 Å². The molecule has 0 aliphatic heterocycles. The lowest BCUT2D eigenvalue weighted by Crippen LogP contribution is -2.07. The van der Waals surface area contributed by atoms with Crippen LogP contribution in [0.2, 0.25) is 0 Å². The van der Waals surface area contributed by atoms with Gasteiger partial charge in [-0.05, 0) is 42.8 Å². The first kappa shape index (κ1) is 15.6. The molecule has 0 atom stereocenters. The second-order valence-corrected chi connectivity index (χ2v) is 4.53. The normalized spacial score (nSPS) is 10.5. The minimum absolute atomic E-state index is 0.181. The Morgan fingerprint density at radius 1 is 1.14 bits per heavy atom. The highest BCUT2D eigenvalue weighted by molar-refractivity contribution is 6.01. The van der Waals surface area contributed by atoms with Crippen LogP contribution >= 0.6 is 0 Å². The van der Waals surface area contributed by atoms with E-state index >= 15 is 0 Å². The van der Waals surface area contributed by atoms with Crippen molar-refractivity contribution < 1.29 is 14.3 Å². The molecule has 1 N–H and O–H groups in total. The molecule has 1 amide bonds. The van der Waals surface area contributed by atoms with E-state index in [4.69, 9.17) is 9.47 Å². The van der Waals surface area contributed by atoms with Crippen LogP contribution in [0.3, 0.4) is 0 Å². The molecule has 0 fully saturated rings. The second-order valence-electron chi connectivity index (χ2n) is 4.53. The second kappa shape index (κ2) is 7.88. The fourth-order valence-corrected chi connectivity index (χ4v) is 1.94. The lowest BCUT2D eigenvalue weighted by atomic mass is 10.2. The Labute approximate surface area is 130 Å². The van der Waals surface area contributed by atoms with Gasteiger partial charge in [0.05, 0.1) is 13.7 Å². The maximum absolute atomic E-state index is 11.9. The van der Waals surface area contributed by atoms with Crippen LogP contribution in [0, 0.1) is 0 Å². The third-order valence-electron chi connectivity index (χ3n) is 2.96. The van der Waals surface area contributed by atoms with Gasteiger partial charge < -0.3 is 14.8 Å². The average Bonchev–Trinajstić information content (AvgIpc) is 2.54. The number of hydrogen-bond donors (Lipinski definition) is 1. The molecule has 0 spiro atoms. The summed E-state index contributed by atoms with van der Waals surface area (Å²) in [5, 5.41) is 2.79. The minimum Gasteiger partial charge on any atom is -0.493 e. The Morgan fingerprint density at radius 3 is 2.59 bits per heavy atom. The van der Waals surface area contributed by atoms with E-state index in [9.17, 15) is 4.79 Å². The first-order valence-electron chi connectivity index (χ1n) is 7.08. The third-order valence-corrected chi connectivity index (χ3v) is 2.96. The number of carbonyl (C=O) groups is 1. The highest BCUT2D eigenvalue weighted by atomic mass is 16.5. The molecule has 0 radical (unpaired) electrons. The van der Waals surface area contributed by atoms with E-state index < -0.39 is 0 Å². The summed E-state index contributed by atoms with van der Waals surface area (Å²) in [6, 6.07) is 14.9. The maximum Gasteiger partial charge on any atom is 0.248 e. The smallest absolute Gasteiger partial charge is 0.248 e. The van der Waals surface area contributed by atoms with E-state index in [-0.39, 0.29) is 5.91 Å². The first-order valence-corrected chi connectivity index (χ1v) is 7.08. The molecule has 0 aliphatic rings. The molecule has 0 saturated carbocycles. The topological polar surface area (TPSA) is 47.6 Å². The lowest BCUT2D eigenvalue weighted by molar-refractivity contribution is -0.111. The summed E-state index contributed by atoms with van der Waals surface area (Å²) in [7, 11) is 1.60. The SMILES string of the molecule is CCOc1cc(/C=C/C(=O)Nc2ccccc2)ccc1OC. The highest BCUT2D eigenvalue weighted by Gasteiger charge is 2.04. The van der Waals surface area contributed by atoms with Gasteiger partial charge >= 0.3 is 0 Å². The van der Waals surface area contributed by atoms with Gasteiger partial charge in [0.25, 0.3) is 0 Å². The summed E-state index contributed by atoms with van der Waals surface area (Å²) in [4.78, 5) is 11.9. The lowest BCUT2D eigenvalue weighted by Gasteiger charge is -2.09. The fraction of sp³-hybridized carbons (Fsp3) is 0.167. The van der Waals surface area contributed by atoms with Crippen molar-refractivity contribution in [2.24, 2.45) is 0 Å². The van der Waals surface area contributed by atoms with Gasteiger partial charge in [0, 0.05) is 11.8 Å². The number of amides is 1. The van der Waals surface area contributed by atoms with Gasteiger partial charge in [-0.25, -0.2) is 0 Å². The van der Waals surface area contributed by atoms with Gasteiger partial charge in [-0.3, -0.25) is 4.79 Å². The summed E-state index contributed by atoms with van der Waals surface area (Å²) in [6.45, 7) is 2.47. The molecule has 0 unspecified atom stereocenters. The molecule has 22 heavy (non-hydrogen) atoms. The predicted molar refractivity (Wildman–Crippen MR) is 88.3 cm³/mol. The van der Waals surface area contributed by atoms with Crippen LogP contribution in [0.1, 0.15) is 12.5 Å². The number of anilines is 1. The van der Waals surface area contributed by atoms with E-state index in [2.05, 4.69) is 5.32 Å². The van der Waals surface area contributed by atoms with E-state index in [1.54, 1.807) is 13.2 Å². The van der Waals surface area contributed by atoms with Crippen molar-refractivity contribution in [3.63, 3.8) is 0 Å². The van der Waals surface area contributed by atoms with Gasteiger partial charge in [0.1, 0.15) is 0 Å². The molecule has 0 saturated heterocycles. The van der Waals surface area contributed by atoms with Crippen molar-refractivity contribution in [1.29, 1.82) is 0 Å². The van der Waals surface area contributed by atoms with E-state index in [0.29, 0.717) is 18.1 Å². The van der Waals surface area contributed by atoms with Gasteiger partial charge in [0.15, 0.2) is 11.5 Å². The zero-order chi connectivity index (χ0) is 15.8. The third kappa shape index (κ3) is 4.38. The Kier molecular flexibility index (Phi) is 5.60. The van der Waals surface area contributed by atoms with Crippen LogP contribution in [-0.2, 0) is 4.79 Å². The van der Waals surface area contributed by atoms with Crippen LogP contribution in [0.4, 0.5) is 5.69 Å². The Morgan fingerprint density at radius 2 is 1.91 bits per heavy atom. The largest absolute Gasteiger partial charge is 0.493 e. The number of benzene rings is 2. The van der Waals surface area contributed by atoms with E-state index in [0.717, 1.165) is 11.3 Å². The molecule has 0 aromatic heterocycles. The highest BCUT2D eigenvalue weighted by Crippen LogP contribution is 2.28. The van der Waals surface area contributed by atoms with Crippen molar-refractivity contribution >= 4 is 17.7 Å². The molecular weight excluding hydrogens is 278 g/mol. The quantitative estimate of drug-likeness (QED) is 0.826. The molecule has 0 bridgehead atoms. The van der Waals surface area contributed by atoms with Crippen molar-refractivity contribution in [1.82, 2.24) is 0 Å². The predicted octanol–water partition coefficient (Wildman–Crippen LogP) is 3.75. The van der Waals surface area contributed by atoms with Crippen LogP contribution in [-0.4, -0.2) is 19.6 Å². The van der Waals surface area contributed by atoms with Crippen LogP contribution < -0.4 is 14.8 Å². The molecular formula is C18H19NO3. The summed E-state index contributed by atoms with van der Waals surface area (Å²) < 4.78 is 10.7. The number of ether oxygens (including phenoxy) is 2. The maximum atomic E-state index is 11.9. The Balaban J connectivity index is 2.06. The first-order chi connectivity index (χ1) is 10.7. The summed E-state index contributed by atoms with van der Waals surface area (Å²) >= 11 is 0. The summed E-state index contributed by atoms with van der Waals surface area (Å²) in [6.07, 6.45) is 3.23. The van der Waals surface area contributed by atoms with Gasteiger partial charge in [-0.1, -0.05) is 24.3 Å². The minimum atomic E-state index is -0.181. The van der Waals surface area contributed by atoms with Crippen molar-refractivity contribution in [2.45, 2.75) is 6.92 Å². The molecule has 0 aliphatic carbocycles. The summed E-state index contributed by atoms with van der Waals surface area (Å²) in [5.74, 6) is 1.16. The zero-order valence-electron chi connectivity index (χ0n) is 12.7. The Hall–Kier alpha value is -2.75. The number of para-hydroxylation sites is 1.